The number of hydrogen-bond acceptors (Lipinski definition) is 5. The van der Waals surface area contributed by atoms with E-state index < -0.39 is 18.0 Å². The first-order valence-electron chi connectivity index (χ1n) is 9.07. The second-order valence-corrected chi connectivity index (χ2v) is 8.09. The predicted octanol–water partition coefficient (Wildman–Crippen LogP) is 3.19. The number of carbonyl (C=O) groups excluding carboxylic acids is 2. The Labute approximate surface area is 146 Å². The van der Waals surface area contributed by atoms with E-state index in [1.807, 2.05) is 0 Å². The number of hydrogen-bond donors (Lipinski definition) is 1. The Kier molecular flexibility index (Phi) is 7.87. The maximum atomic E-state index is 12.3. The predicted molar refractivity (Wildman–Crippen MR) is 92.2 cm³/mol. The van der Waals surface area contributed by atoms with Crippen LogP contribution >= 0.6 is 0 Å². The zero-order valence-electron chi connectivity index (χ0n) is 16.0. The first kappa shape index (κ1) is 21.1. The quantitative estimate of drug-likeness (QED) is 0.417. The fraction of sp³-hybridized carbons (Fsp3) is 0.895. The number of rotatable bonds is 8. The van der Waals surface area contributed by atoms with Crippen LogP contribution in [0.1, 0.15) is 60.8 Å². The van der Waals surface area contributed by atoms with Gasteiger partial charge in [-0.15, -0.1) is 0 Å². The van der Waals surface area contributed by atoms with Crippen LogP contribution in [0.4, 0.5) is 0 Å². The number of aliphatic hydroxyl groups is 1. The summed E-state index contributed by atoms with van der Waals surface area (Å²) >= 11 is 0. The molecule has 0 aromatic rings. The molecule has 0 aromatic carbocycles. The lowest BCUT2D eigenvalue weighted by Gasteiger charge is -2.37. The maximum absolute atomic E-state index is 12.3. The first-order chi connectivity index (χ1) is 11.1. The van der Waals surface area contributed by atoms with E-state index in [-0.39, 0.29) is 24.6 Å². The standard InChI is InChI=1S/C19H34O5/c1-12(2)15-8-7-14(5)9-16(15)23-11-24-18(22)19(6,10-20)17(21)13(3)4/h12-16,20H,7-11H2,1-6H3. The molecule has 4 atom stereocenters. The van der Waals surface area contributed by atoms with Gasteiger partial charge in [-0.2, -0.15) is 0 Å². The topological polar surface area (TPSA) is 72.8 Å². The van der Waals surface area contributed by atoms with E-state index in [1.165, 1.54) is 13.3 Å². The molecule has 0 spiro atoms. The molecule has 1 N–H and O–H groups in total. The minimum atomic E-state index is -1.52. The molecule has 1 aliphatic rings. The highest BCUT2D eigenvalue weighted by molar-refractivity contribution is 6.04. The van der Waals surface area contributed by atoms with Crippen LogP contribution in [-0.4, -0.2) is 36.4 Å². The van der Waals surface area contributed by atoms with Crippen molar-refractivity contribution in [2.24, 2.45) is 29.1 Å². The van der Waals surface area contributed by atoms with E-state index in [4.69, 9.17) is 9.47 Å². The molecule has 1 aliphatic carbocycles. The fourth-order valence-corrected chi connectivity index (χ4v) is 3.52. The van der Waals surface area contributed by atoms with Gasteiger partial charge in [-0.05, 0) is 37.5 Å². The van der Waals surface area contributed by atoms with Gasteiger partial charge in [0.15, 0.2) is 12.6 Å². The van der Waals surface area contributed by atoms with Crippen LogP contribution in [0.3, 0.4) is 0 Å². The van der Waals surface area contributed by atoms with E-state index >= 15 is 0 Å². The summed E-state index contributed by atoms with van der Waals surface area (Å²) in [6, 6.07) is 0. The molecule has 1 fully saturated rings. The zero-order valence-corrected chi connectivity index (χ0v) is 16.0. The number of ketones is 1. The Bertz CT molecular complexity index is 431. The SMILES string of the molecule is CC1CCC(C(C)C)C(OCOC(=O)C(C)(CO)C(=O)C(C)C)C1. The lowest BCUT2D eigenvalue weighted by molar-refractivity contribution is -0.182. The van der Waals surface area contributed by atoms with Crippen LogP contribution in [0.15, 0.2) is 0 Å². The third-order valence-electron chi connectivity index (χ3n) is 5.27. The third kappa shape index (κ3) is 5.03. The van der Waals surface area contributed by atoms with Crippen molar-refractivity contribution in [2.45, 2.75) is 66.9 Å². The van der Waals surface area contributed by atoms with Gasteiger partial charge in [-0.25, -0.2) is 0 Å². The lowest BCUT2D eigenvalue weighted by Crippen LogP contribution is -2.44. The Balaban J connectivity index is 2.61. The molecule has 0 bridgehead atoms. The summed E-state index contributed by atoms with van der Waals surface area (Å²) in [4.78, 5) is 24.5. The number of Topliss-reactive ketones (excluding diaryl/α,β-unsaturated/α-hetero) is 1. The number of esters is 1. The molecular formula is C19H34O5. The van der Waals surface area contributed by atoms with Crippen molar-refractivity contribution >= 4 is 11.8 Å². The summed E-state index contributed by atoms with van der Waals surface area (Å²) in [7, 11) is 0. The van der Waals surface area contributed by atoms with Gasteiger partial charge in [-0.3, -0.25) is 9.59 Å². The van der Waals surface area contributed by atoms with Crippen molar-refractivity contribution in [3.8, 4) is 0 Å². The zero-order chi connectivity index (χ0) is 18.5. The van der Waals surface area contributed by atoms with Gasteiger partial charge >= 0.3 is 5.97 Å². The molecule has 1 saturated carbocycles. The Morgan fingerprint density at radius 1 is 1.21 bits per heavy atom. The summed E-state index contributed by atoms with van der Waals surface area (Å²) in [5, 5.41) is 9.51. The summed E-state index contributed by atoms with van der Waals surface area (Å²) in [6.07, 6.45) is 3.36. The van der Waals surface area contributed by atoms with Crippen LogP contribution in [0, 0.1) is 29.1 Å². The van der Waals surface area contributed by atoms with E-state index in [0.29, 0.717) is 17.8 Å². The van der Waals surface area contributed by atoms with Crippen molar-refractivity contribution in [1.82, 2.24) is 0 Å². The fourth-order valence-electron chi connectivity index (χ4n) is 3.52. The third-order valence-corrected chi connectivity index (χ3v) is 5.27. The van der Waals surface area contributed by atoms with Gasteiger partial charge < -0.3 is 14.6 Å². The van der Waals surface area contributed by atoms with Crippen molar-refractivity contribution in [2.75, 3.05) is 13.4 Å². The molecule has 4 unspecified atom stereocenters. The van der Waals surface area contributed by atoms with Crippen LogP contribution < -0.4 is 0 Å². The molecule has 0 heterocycles. The highest BCUT2D eigenvalue weighted by Crippen LogP contribution is 2.35. The highest BCUT2D eigenvalue weighted by atomic mass is 16.7. The van der Waals surface area contributed by atoms with Gasteiger partial charge in [0.2, 0.25) is 0 Å². The second-order valence-electron chi connectivity index (χ2n) is 8.09. The monoisotopic (exact) mass is 342 g/mol. The van der Waals surface area contributed by atoms with E-state index in [2.05, 4.69) is 20.8 Å². The minimum absolute atomic E-state index is 0.0720. The summed E-state index contributed by atoms with van der Waals surface area (Å²) in [5.74, 6) is 0.200. The summed E-state index contributed by atoms with van der Waals surface area (Å²) < 4.78 is 11.0. The molecule has 140 valence electrons. The lowest BCUT2D eigenvalue weighted by atomic mass is 9.75. The molecule has 0 aromatic heterocycles. The van der Waals surface area contributed by atoms with Crippen LogP contribution in [-0.2, 0) is 19.1 Å². The highest BCUT2D eigenvalue weighted by Gasteiger charge is 2.43. The molecule has 24 heavy (non-hydrogen) atoms. The maximum Gasteiger partial charge on any atom is 0.323 e. The number of aliphatic hydroxyl groups excluding tert-OH is 1. The van der Waals surface area contributed by atoms with Gasteiger partial charge in [0.1, 0.15) is 5.41 Å². The first-order valence-corrected chi connectivity index (χ1v) is 9.07. The van der Waals surface area contributed by atoms with Gasteiger partial charge in [-0.1, -0.05) is 41.0 Å². The van der Waals surface area contributed by atoms with E-state index in [1.54, 1.807) is 13.8 Å². The van der Waals surface area contributed by atoms with E-state index in [0.717, 1.165) is 12.8 Å². The number of ether oxygens (including phenoxy) is 2. The summed E-state index contributed by atoms with van der Waals surface area (Å²) in [6.45, 7) is 10.7. The molecule has 0 radical (unpaired) electrons. The van der Waals surface area contributed by atoms with Crippen LogP contribution in [0.25, 0.3) is 0 Å². The molecule has 1 rings (SSSR count). The number of carbonyl (C=O) groups is 2. The average Bonchev–Trinajstić information content (AvgIpc) is 2.52. The van der Waals surface area contributed by atoms with Gasteiger partial charge in [0, 0.05) is 5.92 Å². The molecule has 0 aliphatic heterocycles. The smallest absolute Gasteiger partial charge is 0.323 e. The van der Waals surface area contributed by atoms with Gasteiger partial charge in [0.25, 0.3) is 0 Å². The van der Waals surface area contributed by atoms with Crippen molar-refractivity contribution in [1.29, 1.82) is 0 Å². The normalized spacial score (nSPS) is 27.1. The van der Waals surface area contributed by atoms with E-state index in [9.17, 15) is 14.7 Å². The molecule has 0 saturated heterocycles. The molecule has 0 amide bonds. The van der Waals surface area contributed by atoms with Crippen molar-refractivity contribution in [3.05, 3.63) is 0 Å². The van der Waals surface area contributed by atoms with Gasteiger partial charge in [0.05, 0.1) is 12.7 Å². The average molecular weight is 342 g/mol. The molecule has 5 nitrogen and oxygen atoms in total. The van der Waals surface area contributed by atoms with Crippen LogP contribution in [0.2, 0.25) is 0 Å². The van der Waals surface area contributed by atoms with Crippen molar-refractivity contribution in [3.63, 3.8) is 0 Å². The van der Waals surface area contributed by atoms with Crippen LogP contribution in [0.5, 0.6) is 0 Å². The largest absolute Gasteiger partial charge is 0.438 e. The molecule has 5 heteroatoms. The Morgan fingerprint density at radius 2 is 1.83 bits per heavy atom. The summed E-state index contributed by atoms with van der Waals surface area (Å²) in [5.41, 5.74) is -1.52. The molecular weight excluding hydrogens is 308 g/mol. The second kappa shape index (κ2) is 8.95. The van der Waals surface area contributed by atoms with Crippen molar-refractivity contribution < 1.29 is 24.2 Å². The Morgan fingerprint density at radius 3 is 2.33 bits per heavy atom. The Hall–Kier alpha value is -0.940. The minimum Gasteiger partial charge on any atom is -0.438 e.